The first-order valence-corrected chi connectivity index (χ1v) is 13.2. The molecule has 5 aromatic rings. The Morgan fingerprint density at radius 3 is 1.70 bits per heavy atom. The summed E-state index contributed by atoms with van der Waals surface area (Å²) in [6.07, 6.45) is 5.46. The van der Waals surface area contributed by atoms with E-state index in [1.165, 1.54) is 0 Å². The Hall–Kier alpha value is -5.10. The van der Waals surface area contributed by atoms with E-state index in [2.05, 4.69) is 66.6 Å². The number of para-hydroxylation sites is 1. The maximum atomic E-state index is 4.84. The molecule has 40 heavy (non-hydrogen) atoms. The Kier molecular flexibility index (Phi) is 7.51. The molecule has 0 amide bonds. The van der Waals surface area contributed by atoms with Gasteiger partial charge in [-0.3, -0.25) is 9.80 Å². The third-order valence-electron chi connectivity index (χ3n) is 6.47. The van der Waals surface area contributed by atoms with E-state index in [1.807, 2.05) is 69.0 Å². The number of hydrogen-bond donors (Lipinski definition) is 0. The molecule has 0 aliphatic carbocycles. The van der Waals surface area contributed by atoms with Gasteiger partial charge in [0.05, 0.1) is 11.4 Å². The minimum Gasteiger partial charge on any atom is -0.279 e. The molecule has 6 heteroatoms. The summed E-state index contributed by atoms with van der Waals surface area (Å²) in [5.74, 6) is 1.19. The monoisotopic (exact) mass is 524 g/mol. The molecule has 0 bridgehead atoms. The highest BCUT2D eigenvalue weighted by atomic mass is 15.3. The van der Waals surface area contributed by atoms with Gasteiger partial charge in [-0.2, -0.15) is 0 Å². The Morgan fingerprint density at radius 2 is 1.15 bits per heavy atom. The molecule has 0 spiro atoms. The van der Waals surface area contributed by atoms with Crippen LogP contribution in [0.4, 0.5) is 29.0 Å². The molecule has 0 saturated heterocycles. The molecule has 2 heterocycles. The highest BCUT2D eigenvalue weighted by Gasteiger charge is 2.22. The summed E-state index contributed by atoms with van der Waals surface area (Å²) in [6, 6.07) is 26.7. The van der Waals surface area contributed by atoms with Crippen LogP contribution in [0.25, 0.3) is 10.8 Å². The van der Waals surface area contributed by atoms with Crippen molar-refractivity contribution in [2.24, 2.45) is 0 Å². The second kappa shape index (κ2) is 11.3. The average Bonchev–Trinajstić information content (AvgIpc) is 2.93. The zero-order valence-electron chi connectivity index (χ0n) is 23.3. The molecule has 2 aromatic heterocycles. The van der Waals surface area contributed by atoms with Crippen molar-refractivity contribution in [2.45, 2.75) is 27.7 Å². The maximum Gasteiger partial charge on any atom is 0.235 e. The quantitative estimate of drug-likeness (QED) is 0.190. The van der Waals surface area contributed by atoms with Crippen molar-refractivity contribution in [1.29, 1.82) is 0 Å². The van der Waals surface area contributed by atoms with Gasteiger partial charge in [0.1, 0.15) is 0 Å². The molecule has 5 rings (SSSR count). The largest absolute Gasteiger partial charge is 0.279 e. The van der Waals surface area contributed by atoms with Crippen molar-refractivity contribution < 1.29 is 0 Å². The van der Waals surface area contributed by atoms with E-state index in [4.69, 9.17) is 19.9 Å². The number of aromatic nitrogens is 4. The van der Waals surface area contributed by atoms with Gasteiger partial charge in [0.25, 0.3) is 0 Å². The second-order valence-electron chi connectivity index (χ2n) is 9.59. The molecule has 6 nitrogen and oxygen atoms in total. The Morgan fingerprint density at radius 1 is 0.625 bits per heavy atom. The lowest BCUT2D eigenvalue weighted by Crippen LogP contribution is -2.19. The molecule has 0 saturated carbocycles. The third-order valence-corrected chi connectivity index (χ3v) is 6.47. The van der Waals surface area contributed by atoms with Gasteiger partial charge in [0.2, 0.25) is 11.9 Å². The number of fused-ring (bicyclic) bond motifs is 1. The Balaban J connectivity index is 1.80. The summed E-state index contributed by atoms with van der Waals surface area (Å²) in [5, 5.41) is 2.05. The van der Waals surface area contributed by atoms with E-state index in [1.54, 1.807) is 12.2 Å². The number of hydrogen-bond acceptors (Lipinski definition) is 6. The molecule has 0 N–H and O–H groups in total. The lowest BCUT2D eigenvalue weighted by Gasteiger charge is -2.28. The van der Waals surface area contributed by atoms with E-state index in [9.17, 15) is 0 Å². The van der Waals surface area contributed by atoms with Gasteiger partial charge in [0, 0.05) is 44.9 Å². The topological polar surface area (TPSA) is 58.0 Å². The van der Waals surface area contributed by atoms with Crippen molar-refractivity contribution in [1.82, 2.24) is 19.9 Å². The number of aryl methyl sites for hydroxylation is 4. The van der Waals surface area contributed by atoms with Crippen molar-refractivity contribution in [2.75, 3.05) is 9.80 Å². The Labute approximate surface area is 235 Å². The van der Waals surface area contributed by atoms with Gasteiger partial charge < -0.3 is 0 Å². The van der Waals surface area contributed by atoms with E-state index in [0.717, 1.165) is 56.3 Å². The fourth-order valence-corrected chi connectivity index (χ4v) is 4.94. The van der Waals surface area contributed by atoms with Crippen molar-refractivity contribution in [3.8, 4) is 0 Å². The van der Waals surface area contributed by atoms with Gasteiger partial charge in [-0.15, -0.1) is 0 Å². The van der Waals surface area contributed by atoms with Crippen LogP contribution in [0.3, 0.4) is 0 Å². The highest BCUT2D eigenvalue weighted by molar-refractivity contribution is 6.05. The van der Waals surface area contributed by atoms with E-state index >= 15 is 0 Å². The number of nitrogens with zero attached hydrogens (tertiary/aromatic N) is 6. The zero-order valence-corrected chi connectivity index (χ0v) is 23.3. The predicted octanol–water partition coefficient (Wildman–Crippen LogP) is 8.52. The van der Waals surface area contributed by atoms with Crippen LogP contribution in [0.15, 0.2) is 116 Å². The number of rotatable bonds is 8. The van der Waals surface area contributed by atoms with Crippen molar-refractivity contribution >= 4 is 39.7 Å². The molecule has 0 atom stereocenters. The van der Waals surface area contributed by atoms with Gasteiger partial charge >= 0.3 is 0 Å². The molecule has 0 aliphatic rings. The van der Waals surface area contributed by atoms with Crippen LogP contribution in [0.5, 0.6) is 0 Å². The van der Waals surface area contributed by atoms with Crippen molar-refractivity contribution in [3.05, 3.63) is 139 Å². The molecular weight excluding hydrogens is 492 g/mol. The van der Waals surface area contributed by atoms with E-state index < -0.39 is 0 Å². The summed E-state index contributed by atoms with van der Waals surface area (Å²) in [6.45, 7) is 15.9. The first-order valence-electron chi connectivity index (χ1n) is 13.2. The van der Waals surface area contributed by atoms with Crippen LogP contribution in [0.1, 0.15) is 22.8 Å². The summed E-state index contributed by atoms with van der Waals surface area (Å²) < 4.78 is 0. The van der Waals surface area contributed by atoms with Crippen LogP contribution >= 0.6 is 0 Å². The summed E-state index contributed by atoms with van der Waals surface area (Å²) in [4.78, 5) is 23.4. The van der Waals surface area contributed by atoms with Gasteiger partial charge in [-0.1, -0.05) is 61.7 Å². The number of allylic oxidation sites excluding steroid dienone is 3. The van der Waals surface area contributed by atoms with Gasteiger partial charge in [-0.25, -0.2) is 19.9 Å². The average molecular weight is 525 g/mol. The smallest absolute Gasteiger partial charge is 0.235 e. The minimum atomic E-state index is 0.570. The Bertz CT molecular complexity index is 1700. The maximum absolute atomic E-state index is 4.84. The standard InChI is InChI=1S/C34H32N6/c1-7-14-27(8-2)39(33-35-23(3)21-24(4)36-33)31-19-12-18-30-29(31)17-13-20-32(30)40(28-15-10-9-11-16-28)34-37-25(5)22-26(6)38-34/h7-22H,1-2H2,3-6H3/b27-14+. The fraction of sp³-hybridized carbons (Fsp3) is 0.118. The summed E-state index contributed by atoms with van der Waals surface area (Å²) in [7, 11) is 0. The SMILES string of the molecule is C=C/C=C(\C=C)N(c1nc(C)cc(C)n1)c1cccc2c(N(c3ccccc3)c3nc(C)cc(C)n3)cccc12. The minimum absolute atomic E-state index is 0.570. The first kappa shape index (κ1) is 26.5. The molecular formula is C34H32N6. The van der Waals surface area contributed by atoms with Crippen LogP contribution in [0.2, 0.25) is 0 Å². The highest BCUT2D eigenvalue weighted by Crippen LogP contribution is 2.41. The lowest BCUT2D eigenvalue weighted by molar-refractivity contribution is 0.994. The van der Waals surface area contributed by atoms with E-state index in [0.29, 0.717) is 11.9 Å². The second-order valence-corrected chi connectivity index (χ2v) is 9.59. The lowest BCUT2D eigenvalue weighted by atomic mass is 10.0. The summed E-state index contributed by atoms with van der Waals surface area (Å²) >= 11 is 0. The van der Waals surface area contributed by atoms with Gasteiger partial charge in [0.15, 0.2) is 0 Å². The molecule has 0 unspecified atom stereocenters. The third kappa shape index (κ3) is 5.24. The molecule has 0 fully saturated rings. The zero-order chi connectivity index (χ0) is 28.2. The fourth-order valence-electron chi connectivity index (χ4n) is 4.94. The first-order chi connectivity index (χ1) is 19.4. The molecule has 0 aliphatic heterocycles. The summed E-state index contributed by atoms with van der Waals surface area (Å²) in [5.41, 5.74) is 7.26. The molecule has 0 radical (unpaired) electrons. The van der Waals surface area contributed by atoms with Crippen LogP contribution < -0.4 is 9.80 Å². The van der Waals surface area contributed by atoms with Crippen LogP contribution in [-0.2, 0) is 0 Å². The predicted molar refractivity (Wildman–Crippen MR) is 166 cm³/mol. The van der Waals surface area contributed by atoms with E-state index in [-0.39, 0.29) is 0 Å². The number of anilines is 5. The normalized spacial score (nSPS) is 11.3. The molecule has 198 valence electrons. The van der Waals surface area contributed by atoms with Gasteiger partial charge in [-0.05, 0) is 76.2 Å². The van der Waals surface area contributed by atoms with Crippen LogP contribution in [0, 0.1) is 27.7 Å². The molecule has 3 aromatic carbocycles. The van der Waals surface area contributed by atoms with Crippen LogP contribution in [-0.4, -0.2) is 19.9 Å². The number of benzene rings is 3. The van der Waals surface area contributed by atoms with Crippen molar-refractivity contribution in [3.63, 3.8) is 0 Å².